The van der Waals surface area contributed by atoms with E-state index in [4.69, 9.17) is 0 Å². The second kappa shape index (κ2) is 3.95. The molecule has 0 radical (unpaired) electrons. The zero-order chi connectivity index (χ0) is 9.19. The molecule has 0 amide bonds. The summed E-state index contributed by atoms with van der Waals surface area (Å²) in [5, 5.41) is 1.07. The number of allylic oxidation sites excluding steroid dienone is 2. The van der Waals surface area contributed by atoms with Crippen molar-refractivity contribution in [3.63, 3.8) is 0 Å². The quantitative estimate of drug-likeness (QED) is 0.469. The SMILES string of the molecule is CC(C)(C)C1CCC=C(CBr)C1. The van der Waals surface area contributed by atoms with Gasteiger partial charge in [0, 0.05) is 5.33 Å². The fourth-order valence-electron chi connectivity index (χ4n) is 1.84. The lowest BCUT2D eigenvalue weighted by Gasteiger charge is -2.33. The molecule has 0 heterocycles. The molecular weight excluding hydrogens is 212 g/mol. The molecular formula is C11H19Br. The Kier molecular flexibility index (Phi) is 3.39. The predicted molar refractivity (Wildman–Crippen MR) is 58.7 cm³/mol. The molecule has 0 bridgehead atoms. The average Bonchev–Trinajstić information content (AvgIpc) is 2.03. The van der Waals surface area contributed by atoms with Crippen LogP contribution in [0.4, 0.5) is 0 Å². The van der Waals surface area contributed by atoms with Crippen LogP contribution in [-0.2, 0) is 0 Å². The van der Waals surface area contributed by atoms with Gasteiger partial charge in [-0.3, -0.25) is 0 Å². The average molecular weight is 231 g/mol. The summed E-state index contributed by atoms with van der Waals surface area (Å²) in [4.78, 5) is 0. The van der Waals surface area contributed by atoms with Crippen molar-refractivity contribution in [1.82, 2.24) is 0 Å². The Morgan fingerprint density at radius 1 is 1.50 bits per heavy atom. The number of rotatable bonds is 1. The molecule has 0 N–H and O–H groups in total. The molecule has 0 spiro atoms. The number of hydrogen-bond donors (Lipinski definition) is 0. The van der Waals surface area contributed by atoms with E-state index in [0.29, 0.717) is 5.41 Å². The van der Waals surface area contributed by atoms with Gasteiger partial charge in [0.15, 0.2) is 0 Å². The van der Waals surface area contributed by atoms with Crippen molar-refractivity contribution in [3.05, 3.63) is 11.6 Å². The molecule has 0 aliphatic heterocycles. The summed E-state index contributed by atoms with van der Waals surface area (Å²) in [5.41, 5.74) is 2.09. The molecule has 0 saturated carbocycles. The standard InChI is InChI=1S/C11H19Br/c1-11(2,3)10-6-4-5-9(7-10)8-12/h5,10H,4,6-8H2,1-3H3. The smallest absolute Gasteiger partial charge is 0.0241 e. The number of halogens is 1. The highest BCUT2D eigenvalue weighted by Gasteiger charge is 2.26. The van der Waals surface area contributed by atoms with Crippen LogP contribution in [0.25, 0.3) is 0 Å². The second-order valence-electron chi connectivity index (χ2n) is 4.84. The van der Waals surface area contributed by atoms with E-state index in [9.17, 15) is 0 Å². The van der Waals surface area contributed by atoms with Crippen LogP contribution in [0.1, 0.15) is 40.0 Å². The van der Waals surface area contributed by atoms with Crippen LogP contribution in [-0.4, -0.2) is 5.33 Å². The predicted octanol–water partition coefficient (Wildman–Crippen LogP) is 4.15. The van der Waals surface area contributed by atoms with Crippen LogP contribution in [0.5, 0.6) is 0 Å². The molecule has 0 aromatic carbocycles. The van der Waals surface area contributed by atoms with E-state index in [2.05, 4.69) is 42.8 Å². The van der Waals surface area contributed by atoms with Crippen molar-refractivity contribution >= 4 is 15.9 Å². The summed E-state index contributed by atoms with van der Waals surface area (Å²) in [5.74, 6) is 0.884. The van der Waals surface area contributed by atoms with Gasteiger partial charge in [0.2, 0.25) is 0 Å². The molecule has 12 heavy (non-hydrogen) atoms. The van der Waals surface area contributed by atoms with Gasteiger partial charge in [0.1, 0.15) is 0 Å². The molecule has 0 fully saturated rings. The molecule has 1 atom stereocenters. The third-order valence-corrected chi connectivity index (χ3v) is 3.57. The minimum absolute atomic E-state index is 0.488. The minimum atomic E-state index is 0.488. The first kappa shape index (κ1) is 10.3. The van der Waals surface area contributed by atoms with Gasteiger partial charge in [0.25, 0.3) is 0 Å². The van der Waals surface area contributed by atoms with Gasteiger partial charge in [-0.25, -0.2) is 0 Å². The fourth-order valence-corrected chi connectivity index (χ4v) is 2.30. The van der Waals surface area contributed by atoms with Gasteiger partial charge in [-0.2, -0.15) is 0 Å². The third kappa shape index (κ3) is 2.62. The molecule has 0 nitrogen and oxygen atoms in total. The monoisotopic (exact) mass is 230 g/mol. The van der Waals surface area contributed by atoms with Crippen molar-refractivity contribution in [2.24, 2.45) is 11.3 Å². The first-order chi connectivity index (χ1) is 5.54. The van der Waals surface area contributed by atoms with Crippen molar-refractivity contribution < 1.29 is 0 Å². The normalized spacial score (nSPS) is 25.3. The Labute approximate surface area is 84.6 Å². The van der Waals surface area contributed by atoms with E-state index >= 15 is 0 Å². The maximum Gasteiger partial charge on any atom is 0.0241 e. The molecule has 0 saturated heterocycles. The van der Waals surface area contributed by atoms with E-state index in [1.165, 1.54) is 19.3 Å². The van der Waals surface area contributed by atoms with Crippen LogP contribution in [0, 0.1) is 11.3 Å². The molecule has 1 heteroatoms. The lowest BCUT2D eigenvalue weighted by molar-refractivity contribution is 0.219. The summed E-state index contributed by atoms with van der Waals surface area (Å²) in [6, 6.07) is 0. The van der Waals surface area contributed by atoms with E-state index in [-0.39, 0.29) is 0 Å². The molecule has 70 valence electrons. The van der Waals surface area contributed by atoms with Gasteiger partial charge in [-0.1, -0.05) is 48.4 Å². The van der Waals surface area contributed by atoms with Crippen molar-refractivity contribution in [3.8, 4) is 0 Å². The van der Waals surface area contributed by atoms with Gasteiger partial charge in [-0.15, -0.1) is 0 Å². The van der Waals surface area contributed by atoms with Crippen molar-refractivity contribution in [2.45, 2.75) is 40.0 Å². The van der Waals surface area contributed by atoms with E-state index in [1.54, 1.807) is 5.57 Å². The van der Waals surface area contributed by atoms with Gasteiger partial charge >= 0.3 is 0 Å². The summed E-state index contributed by atoms with van der Waals surface area (Å²) in [7, 11) is 0. The first-order valence-electron chi connectivity index (χ1n) is 4.78. The Balaban J connectivity index is 2.57. The maximum absolute atomic E-state index is 3.54. The highest BCUT2D eigenvalue weighted by Crippen LogP contribution is 2.37. The topological polar surface area (TPSA) is 0 Å². The summed E-state index contributed by atoms with van der Waals surface area (Å²) < 4.78 is 0. The summed E-state index contributed by atoms with van der Waals surface area (Å²) >= 11 is 3.54. The third-order valence-electron chi connectivity index (χ3n) is 2.85. The molecule has 1 rings (SSSR count). The highest BCUT2D eigenvalue weighted by molar-refractivity contribution is 9.09. The molecule has 1 unspecified atom stereocenters. The molecule has 1 aliphatic carbocycles. The van der Waals surface area contributed by atoms with Crippen LogP contribution in [0.3, 0.4) is 0 Å². The largest absolute Gasteiger partial charge is 0.0880 e. The van der Waals surface area contributed by atoms with Crippen LogP contribution >= 0.6 is 15.9 Å². The summed E-state index contributed by atoms with van der Waals surface area (Å²) in [6.45, 7) is 7.07. The maximum atomic E-state index is 3.54. The number of hydrogen-bond acceptors (Lipinski definition) is 0. The lowest BCUT2D eigenvalue weighted by atomic mass is 9.73. The van der Waals surface area contributed by atoms with Crippen molar-refractivity contribution in [1.29, 1.82) is 0 Å². The highest BCUT2D eigenvalue weighted by atomic mass is 79.9. The minimum Gasteiger partial charge on any atom is -0.0880 e. The van der Waals surface area contributed by atoms with E-state index in [0.717, 1.165) is 11.2 Å². The van der Waals surface area contributed by atoms with E-state index < -0.39 is 0 Å². The Bertz CT molecular complexity index is 174. The van der Waals surface area contributed by atoms with Crippen LogP contribution in [0.2, 0.25) is 0 Å². The zero-order valence-electron chi connectivity index (χ0n) is 8.36. The van der Waals surface area contributed by atoms with Gasteiger partial charge in [-0.05, 0) is 30.6 Å². The Morgan fingerprint density at radius 2 is 2.17 bits per heavy atom. The van der Waals surface area contributed by atoms with Crippen LogP contribution in [0.15, 0.2) is 11.6 Å². The zero-order valence-corrected chi connectivity index (χ0v) is 9.95. The lowest BCUT2D eigenvalue weighted by Crippen LogP contribution is -2.23. The molecule has 0 aromatic rings. The second-order valence-corrected chi connectivity index (χ2v) is 5.40. The number of alkyl halides is 1. The fraction of sp³-hybridized carbons (Fsp3) is 0.818. The van der Waals surface area contributed by atoms with Crippen LogP contribution < -0.4 is 0 Å². The molecule has 0 aromatic heterocycles. The molecule has 1 aliphatic rings. The van der Waals surface area contributed by atoms with Gasteiger partial charge < -0.3 is 0 Å². The summed E-state index contributed by atoms with van der Waals surface area (Å²) in [6.07, 6.45) is 6.36. The van der Waals surface area contributed by atoms with Gasteiger partial charge in [0.05, 0.1) is 0 Å². The van der Waals surface area contributed by atoms with E-state index in [1.807, 2.05) is 0 Å². The Morgan fingerprint density at radius 3 is 2.67 bits per heavy atom. The van der Waals surface area contributed by atoms with Crippen molar-refractivity contribution in [2.75, 3.05) is 5.33 Å². The Hall–Kier alpha value is 0.220. The first-order valence-corrected chi connectivity index (χ1v) is 5.90.